The monoisotopic (exact) mass is 487 g/mol. The molecule has 5 nitrogen and oxygen atoms in total. The molecule has 1 aromatic heterocycles. The van der Waals surface area contributed by atoms with Crippen molar-refractivity contribution < 1.29 is 32.2 Å². The summed E-state index contributed by atoms with van der Waals surface area (Å²) in [6.07, 6.45) is -0.950. The highest BCUT2D eigenvalue weighted by atomic mass is 35.5. The van der Waals surface area contributed by atoms with Crippen LogP contribution in [0.2, 0.25) is 10.0 Å². The molecule has 0 bridgehead atoms. The Morgan fingerprint density at radius 3 is 2.50 bits per heavy atom. The second kappa shape index (κ2) is 9.83. The van der Waals surface area contributed by atoms with Crippen LogP contribution in [0, 0.1) is 12.7 Å². The Morgan fingerprint density at radius 2 is 1.88 bits per heavy atom. The van der Waals surface area contributed by atoms with Gasteiger partial charge < -0.3 is 14.2 Å². The minimum atomic E-state index is -3.18. The van der Waals surface area contributed by atoms with Gasteiger partial charge in [-0.05, 0) is 49.2 Å². The SMILES string of the molecule is COC(=O)[C@@H](C)Oc1ccc(F)c2nc(OC(F)F)c(Cc3ccc(Cl)cc3Cl)c(C)c12. The van der Waals surface area contributed by atoms with Crippen molar-refractivity contribution >= 4 is 40.1 Å². The van der Waals surface area contributed by atoms with E-state index in [9.17, 15) is 18.0 Å². The molecule has 1 heterocycles. The minimum Gasteiger partial charge on any atom is -0.478 e. The second-order valence-electron chi connectivity index (χ2n) is 6.86. The molecule has 0 radical (unpaired) electrons. The average molecular weight is 488 g/mol. The molecule has 0 amide bonds. The van der Waals surface area contributed by atoms with Gasteiger partial charge in [-0.1, -0.05) is 29.3 Å². The lowest BCUT2D eigenvalue weighted by Crippen LogP contribution is -2.25. The van der Waals surface area contributed by atoms with Crippen molar-refractivity contribution in [3.05, 3.63) is 62.9 Å². The number of carbonyl (C=O) groups excluding carboxylic acids is 1. The lowest BCUT2D eigenvalue weighted by Gasteiger charge is -2.19. The number of carbonyl (C=O) groups is 1. The summed E-state index contributed by atoms with van der Waals surface area (Å²) in [4.78, 5) is 15.8. The van der Waals surface area contributed by atoms with E-state index >= 15 is 0 Å². The van der Waals surface area contributed by atoms with Crippen LogP contribution in [-0.2, 0) is 16.0 Å². The van der Waals surface area contributed by atoms with Gasteiger partial charge >= 0.3 is 12.6 Å². The molecule has 10 heteroatoms. The van der Waals surface area contributed by atoms with Crippen LogP contribution in [0.4, 0.5) is 13.2 Å². The van der Waals surface area contributed by atoms with Gasteiger partial charge in [0.05, 0.1) is 7.11 Å². The Hall–Kier alpha value is -2.71. The number of hydrogen-bond donors (Lipinski definition) is 0. The van der Waals surface area contributed by atoms with Gasteiger partial charge in [-0.3, -0.25) is 0 Å². The maximum absolute atomic E-state index is 14.6. The highest BCUT2D eigenvalue weighted by Crippen LogP contribution is 2.38. The summed E-state index contributed by atoms with van der Waals surface area (Å²) in [5.74, 6) is -1.71. The van der Waals surface area contributed by atoms with Crippen LogP contribution in [0.15, 0.2) is 30.3 Å². The number of fused-ring (bicyclic) bond motifs is 1. The molecular formula is C22H18Cl2F3NO4. The average Bonchev–Trinajstić information content (AvgIpc) is 2.73. The van der Waals surface area contributed by atoms with Gasteiger partial charge in [-0.25, -0.2) is 14.2 Å². The zero-order valence-electron chi connectivity index (χ0n) is 17.2. The Morgan fingerprint density at radius 1 is 1.16 bits per heavy atom. The number of alkyl halides is 2. The van der Waals surface area contributed by atoms with E-state index < -0.39 is 30.4 Å². The number of pyridine rings is 1. The van der Waals surface area contributed by atoms with Gasteiger partial charge in [0, 0.05) is 27.4 Å². The molecule has 0 saturated heterocycles. The molecule has 3 aromatic rings. The zero-order valence-corrected chi connectivity index (χ0v) is 18.7. The molecule has 0 spiro atoms. The number of aromatic nitrogens is 1. The van der Waals surface area contributed by atoms with Crippen LogP contribution in [0.5, 0.6) is 11.6 Å². The van der Waals surface area contributed by atoms with Crippen LogP contribution in [-0.4, -0.2) is 30.8 Å². The van der Waals surface area contributed by atoms with Crippen molar-refractivity contribution in [1.82, 2.24) is 4.98 Å². The summed E-state index contributed by atoms with van der Waals surface area (Å²) in [7, 11) is 1.21. The summed E-state index contributed by atoms with van der Waals surface area (Å²) < 4.78 is 55.8. The molecule has 1 atom stereocenters. The number of nitrogens with zero attached hydrogens (tertiary/aromatic N) is 1. The maximum atomic E-state index is 14.6. The fraction of sp³-hybridized carbons (Fsp3) is 0.273. The van der Waals surface area contributed by atoms with Crippen LogP contribution in [0.1, 0.15) is 23.6 Å². The molecule has 170 valence electrons. The number of esters is 1. The van der Waals surface area contributed by atoms with Gasteiger partial charge in [0.15, 0.2) is 6.10 Å². The Balaban J connectivity index is 2.22. The van der Waals surface area contributed by atoms with E-state index in [1.807, 2.05) is 0 Å². The molecule has 0 aliphatic carbocycles. The second-order valence-corrected chi connectivity index (χ2v) is 7.71. The smallest absolute Gasteiger partial charge is 0.388 e. The van der Waals surface area contributed by atoms with Gasteiger partial charge in [0.1, 0.15) is 17.1 Å². The first-order valence-corrected chi connectivity index (χ1v) is 10.1. The van der Waals surface area contributed by atoms with Gasteiger partial charge in [-0.15, -0.1) is 0 Å². The Bertz CT molecular complexity index is 1170. The number of benzene rings is 2. The van der Waals surface area contributed by atoms with Crippen LogP contribution >= 0.6 is 23.2 Å². The molecule has 3 rings (SSSR count). The fourth-order valence-electron chi connectivity index (χ4n) is 3.25. The number of ether oxygens (including phenoxy) is 3. The number of halogens is 5. The minimum absolute atomic E-state index is 0.0509. The third-order valence-corrected chi connectivity index (χ3v) is 5.40. The first kappa shape index (κ1) is 23.9. The molecule has 0 N–H and O–H groups in total. The van der Waals surface area contributed by atoms with Crippen molar-refractivity contribution in [2.45, 2.75) is 33.0 Å². The molecule has 32 heavy (non-hydrogen) atoms. The first-order valence-electron chi connectivity index (χ1n) is 9.37. The summed E-state index contributed by atoms with van der Waals surface area (Å²) in [6.45, 7) is -0.121. The normalized spacial score (nSPS) is 12.2. The predicted molar refractivity (Wildman–Crippen MR) is 114 cm³/mol. The van der Waals surface area contributed by atoms with E-state index in [4.69, 9.17) is 27.9 Å². The quantitative estimate of drug-likeness (QED) is 0.375. The Kier molecular flexibility index (Phi) is 7.36. The van der Waals surface area contributed by atoms with Gasteiger partial charge in [-0.2, -0.15) is 8.78 Å². The molecule has 0 fully saturated rings. The van der Waals surface area contributed by atoms with E-state index in [1.165, 1.54) is 26.2 Å². The molecular weight excluding hydrogens is 470 g/mol. The Labute approximate surface area is 192 Å². The highest BCUT2D eigenvalue weighted by Gasteiger charge is 2.24. The van der Waals surface area contributed by atoms with Crippen molar-refractivity contribution in [3.8, 4) is 11.6 Å². The zero-order chi connectivity index (χ0) is 23.6. The van der Waals surface area contributed by atoms with E-state index in [0.717, 1.165) is 6.07 Å². The molecule has 0 unspecified atom stereocenters. The number of rotatable bonds is 7. The molecule has 2 aromatic carbocycles. The van der Waals surface area contributed by atoms with Crippen molar-refractivity contribution in [2.75, 3.05) is 7.11 Å². The third-order valence-electron chi connectivity index (χ3n) is 4.81. The molecule has 0 saturated carbocycles. The van der Waals surface area contributed by atoms with Crippen LogP contribution < -0.4 is 9.47 Å². The number of methoxy groups -OCH3 is 1. The summed E-state index contributed by atoms with van der Waals surface area (Å²) >= 11 is 12.2. The van der Waals surface area contributed by atoms with E-state index in [1.54, 1.807) is 19.1 Å². The predicted octanol–water partition coefficient (Wildman–Crippen LogP) is 6.12. The maximum Gasteiger partial charge on any atom is 0.388 e. The van der Waals surface area contributed by atoms with Crippen LogP contribution in [0.3, 0.4) is 0 Å². The summed E-state index contributed by atoms with van der Waals surface area (Å²) in [5.41, 5.74) is 0.964. The summed E-state index contributed by atoms with van der Waals surface area (Å²) in [5, 5.41) is 0.934. The van der Waals surface area contributed by atoms with Crippen molar-refractivity contribution in [1.29, 1.82) is 0 Å². The number of aryl methyl sites for hydroxylation is 1. The van der Waals surface area contributed by atoms with Crippen molar-refractivity contribution in [2.24, 2.45) is 0 Å². The lowest BCUT2D eigenvalue weighted by molar-refractivity contribution is -0.147. The third kappa shape index (κ3) is 5.02. The fourth-order valence-corrected chi connectivity index (χ4v) is 3.72. The van der Waals surface area contributed by atoms with E-state index in [0.29, 0.717) is 21.2 Å². The topological polar surface area (TPSA) is 57.7 Å². The number of hydrogen-bond acceptors (Lipinski definition) is 5. The standard InChI is InChI=1S/C22H18Cl2F3NO4/c1-10-14(8-12-4-5-13(23)9-15(12)24)20(32-22(26)27)28-19-16(25)6-7-17(18(10)19)31-11(2)21(29)30-3/h4-7,9,11,22H,8H2,1-3H3/t11-/m1/s1. The van der Waals surface area contributed by atoms with E-state index in [2.05, 4.69) is 14.5 Å². The molecule has 0 aliphatic rings. The first-order chi connectivity index (χ1) is 15.1. The highest BCUT2D eigenvalue weighted by molar-refractivity contribution is 6.35. The largest absolute Gasteiger partial charge is 0.478 e. The molecule has 0 aliphatic heterocycles. The lowest BCUT2D eigenvalue weighted by atomic mass is 9.97. The summed E-state index contributed by atoms with van der Waals surface area (Å²) in [6, 6.07) is 7.16. The van der Waals surface area contributed by atoms with E-state index in [-0.39, 0.29) is 28.6 Å². The van der Waals surface area contributed by atoms with Crippen molar-refractivity contribution in [3.63, 3.8) is 0 Å². The van der Waals surface area contributed by atoms with Gasteiger partial charge in [0.25, 0.3) is 0 Å². The van der Waals surface area contributed by atoms with Gasteiger partial charge in [0.2, 0.25) is 5.88 Å². The van der Waals surface area contributed by atoms with Crippen LogP contribution in [0.25, 0.3) is 10.9 Å².